The van der Waals surface area contributed by atoms with Crippen molar-refractivity contribution in [2.75, 3.05) is 11.9 Å². The van der Waals surface area contributed by atoms with Crippen molar-refractivity contribution in [2.45, 2.75) is 33.1 Å². The standard InChI is InChI=1S/C16H22BrNO/c1-16(2,7-8-17)11-18-15(19)14-9-12-5-3-4-6-13(12)10-14/h3-6,14H,7-11H2,1-2H3,(H,18,19). The van der Waals surface area contributed by atoms with Crippen molar-refractivity contribution in [1.82, 2.24) is 5.32 Å². The third-order valence-corrected chi connectivity index (χ3v) is 4.33. The minimum Gasteiger partial charge on any atom is -0.355 e. The Hall–Kier alpha value is -0.830. The Kier molecular flexibility index (Phi) is 4.67. The van der Waals surface area contributed by atoms with Crippen molar-refractivity contribution in [2.24, 2.45) is 11.3 Å². The van der Waals surface area contributed by atoms with Gasteiger partial charge in [0.2, 0.25) is 5.91 Å². The number of carbonyl (C=O) groups excluding carboxylic acids is 1. The molecule has 0 saturated heterocycles. The Balaban J connectivity index is 1.86. The van der Waals surface area contributed by atoms with Crippen molar-refractivity contribution in [3.63, 3.8) is 0 Å². The van der Waals surface area contributed by atoms with Gasteiger partial charge in [0.25, 0.3) is 0 Å². The lowest BCUT2D eigenvalue weighted by atomic mass is 9.90. The maximum Gasteiger partial charge on any atom is 0.223 e. The lowest BCUT2D eigenvalue weighted by Crippen LogP contribution is -2.38. The smallest absolute Gasteiger partial charge is 0.223 e. The highest BCUT2D eigenvalue weighted by Gasteiger charge is 2.28. The Morgan fingerprint density at radius 2 is 1.89 bits per heavy atom. The van der Waals surface area contributed by atoms with Gasteiger partial charge in [0.1, 0.15) is 0 Å². The van der Waals surface area contributed by atoms with Crippen LogP contribution in [0.4, 0.5) is 0 Å². The molecule has 0 bridgehead atoms. The minimum absolute atomic E-state index is 0.122. The second-order valence-electron chi connectivity index (χ2n) is 6.19. The molecule has 1 aliphatic carbocycles. The molecule has 0 radical (unpaired) electrons. The van der Waals surface area contributed by atoms with E-state index in [1.807, 2.05) is 0 Å². The van der Waals surface area contributed by atoms with Crippen molar-refractivity contribution < 1.29 is 4.79 Å². The highest BCUT2D eigenvalue weighted by atomic mass is 79.9. The van der Waals surface area contributed by atoms with Gasteiger partial charge in [-0.1, -0.05) is 54.0 Å². The average molecular weight is 324 g/mol. The van der Waals surface area contributed by atoms with Crippen LogP contribution < -0.4 is 5.32 Å². The summed E-state index contributed by atoms with van der Waals surface area (Å²) in [7, 11) is 0. The molecule has 19 heavy (non-hydrogen) atoms. The van der Waals surface area contributed by atoms with Crippen molar-refractivity contribution in [3.8, 4) is 0 Å². The number of fused-ring (bicyclic) bond motifs is 1. The van der Waals surface area contributed by atoms with Crippen LogP contribution in [0, 0.1) is 11.3 Å². The third-order valence-electron chi connectivity index (χ3n) is 3.93. The molecule has 1 aromatic rings. The van der Waals surface area contributed by atoms with Crippen LogP contribution in [-0.2, 0) is 17.6 Å². The van der Waals surface area contributed by atoms with E-state index in [9.17, 15) is 4.79 Å². The van der Waals surface area contributed by atoms with Gasteiger partial charge >= 0.3 is 0 Å². The molecule has 0 atom stereocenters. The monoisotopic (exact) mass is 323 g/mol. The van der Waals surface area contributed by atoms with Gasteiger partial charge in [-0.3, -0.25) is 4.79 Å². The summed E-state index contributed by atoms with van der Waals surface area (Å²) in [6, 6.07) is 8.38. The zero-order chi connectivity index (χ0) is 13.9. The molecule has 2 rings (SSSR count). The van der Waals surface area contributed by atoms with E-state index in [1.54, 1.807) is 0 Å². The fraction of sp³-hybridized carbons (Fsp3) is 0.562. The number of carbonyl (C=O) groups is 1. The zero-order valence-corrected chi connectivity index (χ0v) is 13.3. The van der Waals surface area contributed by atoms with Gasteiger partial charge < -0.3 is 5.32 Å². The summed E-state index contributed by atoms with van der Waals surface area (Å²) >= 11 is 3.47. The maximum atomic E-state index is 12.2. The molecule has 0 fully saturated rings. The van der Waals surface area contributed by atoms with Gasteiger partial charge in [-0.25, -0.2) is 0 Å². The van der Waals surface area contributed by atoms with Crippen LogP contribution in [0.3, 0.4) is 0 Å². The van der Waals surface area contributed by atoms with Gasteiger partial charge in [-0.2, -0.15) is 0 Å². The Morgan fingerprint density at radius 3 is 2.42 bits per heavy atom. The first kappa shape index (κ1) is 14.6. The van der Waals surface area contributed by atoms with Crippen LogP contribution in [0.15, 0.2) is 24.3 Å². The van der Waals surface area contributed by atoms with E-state index in [4.69, 9.17) is 0 Å². The number of benzene rings is 1. The number of rotatable bonds is 5. The topological polar surface area (TPSA) is 29.1 Å². The molecule has 0 heterocycles. The molecule has 104 valence electrons. The molecule has 0 saturated carbocycles. The second-order valence-corrected chi connectivity index (χ2v) is 6.99. The van der Waals surface area contributed by atoms with E-state index in [0.29, 0.717) is 0 Å². The first-order chi connectivity index (χ1) is 9.02. The maximum absolute atomic E-state index is 12.2. The molecule has 1 N–H and O–H groups in total. The summed E-state index contributed by atoms with van der Waals surface area (Å²) in [6.07, 6.45) is 2.85. The molecule has 0 spiro atoms. The van der Waals surface area contributed by atoms with E-state index >= 15 is 0 Å². The summed E-state index contributed by atoms with van der Waals surface area (Å²) in [6.45, 7) is 5.14. The van der Waals surface area contributed by atoms with E-state index < -0.39 is 0 Å². The Morgan fingerprint density at radius 1 is 1.32 bits per heavy atom. The minimum atomic E-state index is 0.122. The van der Waals surface area contributed by atoms with Gasteiger partial charge in [0.05, 0.1) is 0 Å². The molecular weight excluding hydrogens is 302 g/mol. The number of halogens is 1. The fourth-order valence-electron chi connectivity index (χ4n) is 2.56. The quantitative estimate of drug-likeness (QED) is 0.827. The zero-order valence-electron chi connectivity index (χ0n) is 11.7. The molecule has 0 unspecified atom stereocenters. The predicted molar refractivity (Wildman–Crippen MR) is 82.5 cm³/mol. The molecule has 3 heteroatoms. The van der Waals surface area contributed by atoms with Crippen LogP contribution in [0.5, 0.6) is 0 Å². The molecule has 1 amide bonds. The molecule has 0 aromatic heterocycles. The van der Waals surface area contributed by atoms with E-state index in [0.717, 1.165) is 31.1 Å². The number of nitrogens with one attached hydrogen (secondary N) is 1. The summed E-state index contributed by atoms with van der Waals surface area (Å²) in [4.78, 5) is 12.2. The van der Waals surface area contributed by atoms with Crippen molar-refractivity contribution >= 4 is 21.8 Å². The lowest BCUT2D eigenvalue weighted by Gasteiger charge is -2.24. The van der Waals surface area contributed by atoms with Crippen LogP contribution in [0.25, 0.3) is 0 Å². The molecule has 1 aliphatic rings. The number of amides is 1. The Labute approximate surface area is 124 Å². The van der Waals surface area contributed by atoms with Crippen LogP contribution in [0.1, 0.15) is 31.4 Å². The first-order valence-corrected chi connectivity index (χ1v) is 8.04. The normalized spacial score (nSPS) is 15.3. The largest absolute Gasteiger partial charge is 0.355 e. The summed E-state index contributed by atoms with van der Waals surface area (Å²) in [5, 5.41) is 4.10. The van der Waals surface area contributed by atoms with E-state index in [-0.39, 0.29) is 17.2 Å². The average Bonchev–Trinajstić information content (AvgIpc) is 2.79. The van der Waals surface area contributed by atoms with Crippen molar-refractivity contribution in [3.05, 3.63) is 35.4 Å². The van der Waals surface area contributed by atoms with Crippen LogP contribution in [-0.4, -0.2) is 17.8 Å². The second kappa shape index (κ2) is 6.08. The molecular formula is C16H22BrNO. The van der Waals surface area contributed by atoms with E-state index in [1.165, 1.54) is 11.1 Å². The van der Waals surface area contributed by atoms with Gasteiger partial charge in [-0.05, 0) is 35.8 Å². The highest BCUT2D eigenvalue weighted by molar-refractivity contribution is 9.09. The fourth-order valence-corrected chi connectivity index (χ4v) is 3.63. The summed E-state index contributed by atoms with van der Waals surface area (Å²) < 4.78 is 0. The Bertz CT molecular complexity index is 431. The molecule has 2 nitrogen and oxygen atoms in total. The number of alkyl halides is 1. The number of hydrogen-bond donors (Lipinski definition) is 1. The highest BCUT2D eigenvalue weighted by Crippen LogP contribution is 2.27. The van der Waals surface area contributed by atoms with Gasteiger partial charge in [0, 0.05) is 17.8 Å². The lowest BCUT2D eigenvalue weighted by molar-refractivity contribution is -0.125. The van der Waals surface area contributed by atoms with Crippen LogP contribution >= 0.6 is 15.9 Å². The van der Waals surface area contributed by atoms with Crippen LogP contribution in [0.2, 0.25) is 0 Å². The third kappa shape index (κ3) is 3.82. The summed E-state index contributed by atoms with van der Waals surface area (Å²) in [5.74, 6) is 0.330. The summed E-state index contributed by atoms with van der Waals surface area (Å²) in [5.41, 5.74) is 2.83. The molecule has 0 aliphatic heterocycles. The molecule has 1 aromatic carbocycles. The van der Waals surface area contributed by atoms with Gasteiger partial charge in [0.15, 0.2) is 0 Å². The van der Waals surface area contributed by atoms with E-state index in [2.05, 4.69) is 59.4 Å². The first-order valence-electron chi connectivity index (χ1n) is 6.92. The number of hydrogen-bond acceptors (Lipinski definition) is 1. The van der Waals surface area contributed by atoms with Gasteiger partial charge in [-0.15, -0.1) is 0 Å². The predicted octanol–water partition coefficient (Wildman–Crippen LogP) is 3.33. The SMILES string of the molecule is CC(C)(CCBr)CNC(=O)C1Cc2ccccc2C1. The van der Waals surface area contributed by atoms with Crippen molar-refractivity contribution in [1.29, 1.82) is 0 Å².